The molecule has 0 saturated heterocycles. The van der Waals surface area contributed by atoms with Gasteiger partial charge in [-0.15, -0.1) is 0 Å². The van der Waals surface area contributed by atoms with Crippen LogP contribution >= 0.6 is 15.9 Å². The normalized spacial score (nSPS) is 10.3. The molecule has 0 unspecified atom stereocenters. The average Bonchev–Trinajstić information content (AvgIpc) is 2.17. The molecule has 76 valence electrons. The number of rotatable bonds is 2. The van der Waals surface area contributed by atoms with Gasteiger partial charge in [0.25, 0.3) is 0 Å². The van der Waals surface area contributed by atoms with Crippen molar-refractivity contribution in [2.45, 2.75) is 6.42 Å². The van der Waals surface area contributed by atoms with Crippen LogP contribution in [0.2, 0.25) is 0 Å². The van der Waals surface area contributed by atoms with Crippen molar-refractivity contribution in [1.29, 1.82) is 0 Å². The molecule has 0 amide bonds. The van der Waals surface area contributed by atoms with Crippen LogP contribution in [0.3, 0.4) is 0 Å². The molecule has 0 atom stereocenters. The highest BCUT2D eigenvalue weighted by Crippen LogP contribution is 2.12. The van der Waals surface area contributed by atoms with Crippen LogP contribution in [0.5, 0.6) is 0 Å². The molecule has 0 N–H and O–H groups in total. The summed E-state index contributed by atoms with van der Waals surface area (Å²) in [5, 5.41) is 0. The predicted molar refractivity (Wildman–Crippen MR) is 61.1 cm³/mol. The number of hydrogen-bond donors (Lipinski definition) is 0. The minimum atomic E-state index is -0.206. The summed E-state index contributed by atoms with van der Waals surface area (Å²) in [4.78, 5) is 4.29. The molecule has 2 aromatic rings. The second kappa shape index (κ2) is 4.53. The first-order valence-corrected chi connectivity index (χ1v) is 5.39. The topological polar surface area (TPSA) is 12.9 Å². The molecule has 0 radical (unpaired) electrons. The number of benzene rings is 1. The molecule has 1 heterocycles. The molecule has 0 aliphatic heterocycles. The Kier molecular flexibility index (Phi) is 3.11. The van der Waals surface area contributed by atoms with E-state index < -0.39 is 0 Å². The van der Waals surface area contributed by atoms with Gasteiger partial charge in [0, 0.05) is 12.1 Å². The smallest absolute Gasteiger partial charge is 0.123 e. The van der Waals surface area contributed by atoms with Crippen molar-refractivity contribution in [3.8, 4) is 0 Å². The third-order valence-electron chi connectivity index (χ3n) is 2.05. The molecule has 2 rings (SSSR count). The van der Waals surface area contributed by atoms with Crippen molar-refractivity contribution < 1.29 is 4.39 Å². The molecule has 15 heavy (non-hydrogen) atoms. The number of hydrogen-bond acceptors (Lipinski definition) is 1. The summed E-state index contributed by atoms with van der Waals surface area (Å²) in [5.41, 5.74) is 1.86. The summed E-state index contributed by atoms with van der Waals surface area (Å²) in [6.07, 6.45) is 0.650. The Hall–Kier alpha value is -1.22. The Morgan fingerprint density at radius 3 is 2.67 bits per heavy atom. The first-order valence-electron chi connectivity index (χ1n) is 4.60. The number of aromatic nitrogens is 1. The highest BCUT2D eigenvalue weighted by atomic mass is 79.9. The summed E-state index contributed by atoms with van der Waals surface area (Å²) in [5.74, 6) is -0.206. The van der Waals surface area contributed by atoms with Crippen LogP contribution in [0, 0.1) is 5.82 Å². The Balaban J connectivity index is 2.22. The summed E-state index contributed by atoms with van der Waals surface area (Å²) < 4.78 is 13.7. The lowest BCUT2D eigenvalue weighted by Crippen LogP contribution is -1.92. The van der Waals surface area contributed by atoms with Crippen molar-refractivity contribution in [1.82, 2.24) is 4.98 Å². The van der Waals surface area contributed by atoms with Crippen LogP contribution in [0.1, 0.15) is 11.3 Å². The van der Waals surface area contributed by atoms with E-state index in [2.05, 4.69) is 20.9 Å². The Morgan fingerprint density at radius 1 is 1.13 bits per heavy atom. The van der Waals surface area contributed by atoms with Gasteiger partial charge in [0.2, 0.25) is 0 Å². The molecule has 1 aromatic heterocycles. The van der Waals surface area contributed by atoms with Gasteiger partial charge in [0.1, 0.15) is 10.4 Å². The van der Waals surface area contributed by atoms with E-state index in [4.69, 9.17) is 0 Å². The van der Waals surface area contributed by atoms with Crippen molar-refractivity contribution in [3.05, 3.63) is 64.1 Å². The zero-order valence-electron chi connectivity index (χ0n) is 7.95. The average molecular weight is 266 g/mol. The molecule has 0 bridgehead atoms. The van der Waals surface area contributed by atoms with Gasteiger partial charge in [-0.1, -0.05) is 18.2 Å². The van der Waals surface area contributed by atoms with Gasteiger partial charge in [-0.3, -0.25) is 0 Å². The van der Waals surface area contributed by atoms with E-state index in [0.717, 1.165) is 15.9 Å². The first-order chi connectivity index (χ1) is 7.24. The van der Waals surface area contributed by atoms with Gasteiger partial charge in [-0.05, 0) is 45.8 Å². The van der Waals surface area contributed by atoms with E-state index in [0.29, 0.717) is 6.42 Å². The van der Waals surface area contributed by atoms with Crippen LogP contribution in [0.4, 0.5) is 4.39 Å². The van der Waals surface area contributed by atoms with Gasteiger partial charge in [0.15, 0.2) is 0 Å². The monoisotopic (exact) mass is 265 g/mol. The van der Waals surface area contributed by atoms with Crippen LogP contribution in [-0.4, -0.2) is 4.98 Å². The third-order valence-corrected chi connectivity index (χ3v) is 2.49. The molecule has 1 nitrogen and oxygen atoms in total. The SMILES string of the molecule is Fc1cccc(Cc2cccc(Br)n2)c1. The number of pyridine rings is 1. The largest absolute Gasteiger partial charge is 0.246 e. The standard InChI is InChI=1S/C12H9BrFN/c13-12-6-2-5-11(15-12)8-9-3-1-4-10(14)7-9/h1-7H,8H2. The summed E-state index contributed by atoms with van der Waals surface area (Å²) in [7, 11) is 0. The van der Waals surface area contributed by atoms with Crippen LogP contribution in [0.25, 0.3) is 0 Å². The third kappa shape index (κ3) is 2.86. The fraction of sp³-hybridized carbons (Fsp3) is 0.0833. The second-order valence-corrected chi connectivity index (χ2v) is 4.07. The molecule has 0 aliphatic rings. The van der Waals surface area contributed by atoms with Crippen molar-refractivity contribution >= 4 is 15.9 Å². The van der Waals surface area contributed by atoms with Gasteiger partial charge < -0.3 is 0 Å². The number of halogens is 2. The minimum Gasteiger partial charge on any atom is -0.246 e. The van der Waals surface area contributed by atoms with E-state index in [1.807, 2.05) is 24.3 Å². The molecule has 0 saturated carbocycles. The van der Waals surface area contributed by atoms with E-state index in [-0.39, 0.29) is 5.82 Å². The summed E-state index contributed by atoms with van der Waals surface area (Å²) in [6.45, 7) is 0. The predicted octanol–water partition coefficient (Wildman–Crippen LogP) is 3.57. The molecular formula is C12H9BrFN. The lowest BCUT2D eigenvalue weighted by molar-refractivity contribution is 0.626. The van der Waals surface area contributed by atoms with Crippen LogP contribution in [-0.2, 0) is 6.42 Å². The lowest BCUT2D eigenvalue weighted by atomic mass is 10.1. The zero-order chi connectivity index (χ0) is 10.7. The minimum absolute atomic E-state index is 0.206. The van der Waals surface area contributed by atoms with Crippen LogP contribution < -0.4 is 0 Å². The van der Waals surface area contributed by atoms with Crippen molar-refractivity contribution in [3.63, 3.8) is 0 Å². The lowest BCUT2D eigenvalue weighted by Gasteiger charge is -2.01. The van der Waals surface area contributed by atoms with E-state index in [1.165, 1.54) is 12.1 Å². The quantitative estimate of drug-likeness (QED) is 0.757. The van der Waals surface area contributed by atoms with Gasteiger partial charge in [0.05, 0.1) is 0 Å². The maximum Gasteiger partial charge on any atom is 0.123 e. The van der Waals surface area contributed by atoms with Gasteiger partial charge in [-0.25, -0.2) is 9.37 Å². The van der Waals surface area contributed by atoms with Crippen LogP contribution in [0.15, 0.2) is 47.1 Å². The molecule has 0 fully saturated rings. The van der Waals surface area contributed by atoms with E-state index in [1.54, 1.807) is 6.07 Å². The fourth-order valence-electron chi connectivity index (χ4n) is 1.40. The Morgan fingerprint density at radius 2 is 1.93 bits per heavy atom. The summed E-state index contributed by atoms with van der Waals surface area (Å²) in [6, 6.07) is 12.3. The molecule has 0 spiro atoms. The first kappa shape index (κ1) is 10.3. The van der Waals surface area contributed by atoms with E-state index >= 15 is 0 Å². The Labute approximate surface area is 96.1 Å². The highest BCUT2D eigenvalue weighted by Gasteiger charge is 1.99. The Bertz CT molecular complexity index is 427. The molecule has 1 aromatic carbocycles. The molecule has 3 heteroatoms. The zero-order valence-corrected chi connectivity index (χ0v) is 9.54. The summed E-state index contributed by atoms with van der Waals surface area (Å²) >= 11 is 3.30. The van der Waals surface area contributed by atoms with Crippen molar-refractivity contribution in [2.24, 2.45) is 0 Å². The second-order valence-electron chi connectivity index (χ2n) is 3.26. The van der Waals surface area contributed by atoms with E-state index in [9.17, 15) is 4.39 Å². The van der Waals surface area contributed by atoms with Gasteiger partial charge in [-0.2, -0.15) is 0 Å². The fourth-order valence-corrected chi connectivity index (χ4v) is 1.79. The maximum atomic E-state index is 12.9. The van der Waals surface area contributed by atoms with Crippen molar-refractivity contribution in [2.75, 3.05) is 0 Å². The van der Waals surface area contributed by atoms with Gasteiger partial charge >= 0.3 is 0 Å². The number of nitrogens with zero attached hydrogens (tertiary/aromatic N) is 1. The highest BCUT2D eigenvalue weighted by molar-refractivity contribution is 9.10. The molecular weight excluding hydrogens is 257 g/mol. The molecule has 0 aliphatic carbocycles. The maximum absolute atomic E-state index is 12.9.